The zero-order valence-electron chi connectivity index (χ0n) is 18.1. The molecule has 0 spiro atoms. The van der Waals surface area contributed by atoms with Crippen molar-refractivity contribution in [1.29, 1.82) is 0 Å². The van der Waals surface area contributed by atoms with Crippen LogP contribution in [0.4, 0.5) is 0 Å². The van der Waals surface area contributed by atoms with E-state index >= 15 is 0 Å². The minimum absolute atomic E-state index is 0.0364. The topological polar surface area (TPSA) is 100 Å². The third-order valence-corrected chi connectivity index (χ3v) is 5.89. The number of H-pyrrole nitrogens is 1. The second-order valence-electron chi connectivity index (χ2n) is 7.99. The molecule has 2 aromatic heterocycles. The third kappa shape index (κ3) is 4.20. The molecule has 1 fully saturated rings. The molecule has 4 rings (SSSR count). The molecule has 0 aliphatic carbocycles. The summed E-state index contributed by atoms with van der Waals surface area (Å²) in [5, 5.41) is 8.88. The van der Waals surface area contributed by atoms with Gasteiger partial charge in [-0.15, -0.1) is 0 Å². The number of benzene rings is 1. The molecule has 3 heterocycles. The van der Waals surface area contributed by atoms with Crippen molar-refractivity contribution in [2.75, 3.05) is 39.3 Å². The molecular weight excluding hydrogens is 392 g/mol. The number of pyridine rings is 1. The molecule has 1 aliphatic heterocycles. The van der Waals surface area contributed by atoms with Crippen LogP contribution in [0.3, 0.4) is 0 Å². The summed E-state index contributed by atoms with van der Waals surface area (Å²) in [4.78, 5) is 28.6. The van der Waals surface area contributed by atoms with Crippen LogP contribution in [0.5, 0.6) is 0 Å². The van der Waals surface area contributed by atoms with Gasteiger partial charge in [0.2, 0.25) is 5.91 Å². The summed E-state index contributed by atoms with van der Waals surface area (Å²) in [5.41, 5.74) is 8.84. The molecule has 8 nitrogen and oxygen atoms in total. The Morgan fingerprint density at radius 2 is 2.03 bits per heavy atom. The number of hydrogen-bond donors (Lipinski definition) is 2. The van der Waals surface area contributed by atoms with Gasteiger partial charge in [0.1, 0.15) is 5.52 Å². The molecular formula is C23H28N6O2. The molecule has 31 heavy (non-hydrogen) atoms. The molecule has 1 aliphatic rings. The molecule has 0 unspecified atom stereocenters. The zero-order chi connectivity index (χ0) is 22.0. The van der Waals surface area contributed by atoms with E-state index in [-0.39, 0.29) is 11.5 Å². The van der Waals surface area contributed by atoms with Gasteiger partial charge in [0.15, 0.2) is 0 Å². The van der Waals surface area contributed by atoms with Crippen LogP contribution in [0, 0.1) is 18.8 Å². The summed E-state index contributed by atoms with van der Waals surface area (Å²) in [5.74, 6) is 6.63. The molecule has 8 heteroatoms. The first kappa shape index (κ1) is 21.1. The van der Waals surface area contributed by atoms with Gasteiger partial charge in [-0.2, -0.15) is 5.10 Å². The molecule has 3 N–H and O–H groups in total. The fourth-order valence-electron chi connectivity index (χ4n) is 4.11. The van der Waals surface area contributed by atoms with Crippen molar-refractivity contribution in [1.82, 2.24) is 24.6 Å². The minimum atomic E-state index is -0.0364. The SMILES string of the molecule is CC(=O)N1CCN(CC#Cc2ccc3c(c2)c2n[nH]c(C)c2c(=O)n3CCCN)CC1. The van der Waals surface area contributed by atoms with Crippen LogP contribution < -0.4 is 11.3 Å². The summed E-state index contributed by atoms with van der Waals surface area (Å²) >= 11 is 0. The Bertz CT molecular complexity index is 1240. The number of carbonyl (C=O) groups is 1. The van der Waals surface area contributed by atoms with E-state index in [0.29, 0.717) is 30.5 Å². The number of nitrogens with one attached hydrogen (secondary N) is 1. The van der Waals surface area contributed by atoms with Crippen molar-refractivity contribution >= 4 is 27.7 Å². The van der Waals surface area contributed by atoms with Gasteiger partial charge in [-0.25, -0.2) is 0 Å². The highest BCUT2D eigenvalue weighted by Gasteiger charge is 2.18. The van der Waals surface area contributed by atoms with E-state index in [2.05, 4.69) is 26.9 Å². The normalized spacial score (nSPS) is 14.7. The maximum atomic E-state index is 13.0. The summed E-state index contributed by atoms with van der Waals surface area (Å²) in [6.45, 7) is 8.43. The summed E-state index contributed by atoms with van der Waals surface area (Å²) in [6, 6.07) is 5.91. The third-order valence-electron chi connectivity index (χ3n) is 5.89. The Morgan fingerprint density at radius 3 is 2.74 bits per heavy atom. The van der Waals surface area contributed by atoms with Gasteiger partial charge in [0.05, 0.1) is 17.4 Å². The number of rotatable bonds is 4. The van der Waals surface area contributed by atoms with Gasteiger partial charge in [-0.05, 0) is 38.1 Å². The van der Waals surface area contributed by atoms with Crippen LogP contribution in [0.1, 0.15) is 24.6 Å². The number of aromatic nitrogens is 3. The zero-order valence-corrected chi connectivity index (χ0v) is 18.1. The van der Waals surface area contributed by atoms with E-state index in [1.807, 2.05) is 30.0 Å². The lowest BCUT2D eigenvalue weighted by atomic mass is 10.1. The number of carbonyl (C=O) groups excluding carboxylic acids is 1. The van der Waals surface area contributed by atoms with Gasteiger partial charge in [0.25, 0.3) is 5.56 Å². The van der Waals surface area contributed by atoms with Gasteiger partial charge >= 0.3 is 0 Å². The highest BCUT2D eigenvalue weighted by molar-refractivity contribution is 6.04. The number of fused-ring (bicyclic) bond motifs is 3. The van der Waals surface area contributed by atoms with Crippen molar-refractivity contribution in [2.45, 2.75) is 26.8 Å². The Kier molecular flexibility index (Phi) is 6.07. The minimum Gasteiger partial charge on any atom is -0.340 e. The van der Waals surface area contributed by atoms with E-state index < -0.39 is 0 Å². The lowest BCUT2D eigenvalue weighted by molar-refractivity contribution is -0.130. The highest BCUT2D eigenvalue weighted by Crippen LogP contribution is 2.24. The summed E-state index contributed by atoms with van der Waals surface area (Å²) in [7, 11) is 0. The first-order chi connectivity index (χ1) is 15.0. The number of aromatic amines is 1. The number of amides is 1. The monoisotopic (exact) mass is 420 g/mol. The number of aryl methyl sites for hydroxylation is 2. The van der Waals surface area contributed by atoms with Crippen molar-refractivity contribution in [3.63, 3.8) is 0 Å². The summed E-state index contributed by atoms with van der Waals surface area (Å²) < 4.78 is 1.79. The molecule has 0 atom stereocenters. The van der Waals surface area contributed by atoms with Crippen molar-refractivity contribution < 1.29 is 4.79 Å². The number of nitrogens with two attached hydrogens (primary N) is 1. The molecule has 0 bridgehead atoms. The predicted octanol–water partition coefficient (Wildman–Crippen LogP) is 1.05. The van der Waals surface area contributed by atoms with Crippen molar-refractivity contribution in [3.8, 4) is 11.8 Å². The van der Waals surface area contributed by atoms with Crippen LogP contribution >= 0.6 is 0 Å². The van der Waals surface area contributed by atoms with Crippen LogP contribution in [-0.2, 0) is 11.3 Å². The van der Waals surface area contributed by atoms with Crippen molar-refractivity contribution in [2.24, 2.45) is 5.73 Å². The number of hydrogen-bond acceptors (Lipinski definition) is 5. The standard InChI is InChI=1S/C23H28N6O2/c1-16-21-22(26-25-16)19-15-18(6-7-20(19)29(23(21)31)10-4-8-24)5-3-9-27-11-13-28(14-12-27)17(2)30/h6-7,15H,4,8-14,24H2,1-2H3,(H,25,26). The lowest BCUT2D eigenvalue weighted by Gasteiger charge is -2.32. The van der Waals surface area contributed by atoms with Crippen LogP contribution in [-0.4, -0.2) is 69.7 Å². The second kappa shape index (κ2) is 8.92. The Hall–Kier alpha value is -3.15. The van der Waals surface area contributed by atoms with Crippen LogP contribution in [0.25, 0.3) is 21.8 Å². The van der Waals surface area contributed by atoms with Gasteiger partial charge in [-0.3, -0.25) is 19.6 Å². The average Bonchev–Trinajstić information content (AvgIpc) is 3.16. The van der Waals surface area contributed by atoms with Crippen LogP contribution in [0.15, 0.2) is 23.0 Å². The molecule has 162 valence electrons. The number of nitrogens with zero attached hydrogens (tertiary/aromatic N) is 4. The Morgan fingerprint density at radius 1 is 1.26 bits per heavy atom. The van der Waals surface area contributed by atoms with E-state index in [0.717, 1.165) is 54.8 Å². The molecule has 0 radical (unpaired) electrons. The first-order valence-corrected chi connectivity index (χ1v) is 10.7. The van der Waals surface area contributed by atoms with Crippen LogP contribution in [0.2, 0.25) is 0 Å². The maximum Gasteiger partial charge on any atom is 0.262 e. The molecule has 3 aromatic rings. The second-order valence-corrected chi connectivity index (χ2v) is 7.99. The van der Waals surface area contributed by atoms with Gasteiger partial charge in [-0.1, -0.05) is 11.8 Å². The fraction of sp³-hybridized carbons (Fsp3) is 0.435. The van der Waals surface area contributed by atoms with E-state index in [1.54, 1.807) is 11.5 Å². The van der Waals surface area contributed by atoms with Gasteiger partial charge < -0.3 is 15.2 Å². The average molecular weight is 421 g/mol. The van der Waals surface area contributed by atoms with E-state index in [4.69, 9.17) is 5.73 Å². The highest BCUT2D eigenvalue weighted by atomic mass is 16.2. The molecule has 1 amide bonds. The first-order valence-electron chi connectivity index (χ1n) is 10.7. The predicted molar refractivity (Wildman–Crippen MR) is 122 cm³/mol. The van der Waals surface area contributed by atoms with E-state index in [9.17, 15) is 9.59 Å². The number of piperazine rings is 1. The largest absolute Gasteiger partial charge is 0.340 e. The maximum absolute atomic E-state index is 13.0. The Balaban J connectivity index is 1.62. The molecule has 1 saturated heterocycles. The molecule has 1 aromatic carbocycles. The smallest absolute Gasteiger partial charge is 0.262 e. The van der Waals surface area contributed by atoms with Gasteiger partial charge in [0, 0.05) is 56.3 Å². The fourth-order valence-corrected chi connectivity index (χ4v) is 4.11. The van der Waals surface area contributed by atoms with E-state index in [1.165, 1.54) is 0 Å². The molecule has 0 saturated carbocycles. The quantitative estimate of drug-likeness (QED) is 0.615. The van der Waals surface area contributed by atoms with Crippen molar-refractivity contribution in [3.05, 3.63) is 39.8 Å². The Labute approximate surface area is 181 Å². The lowest BCUT2D eigenvalue weighted by Crippen LogP contribution is -2.47. The summed E-state index contributed by atoms with van der Waals surface area (Å²) in [6.07, 6.45) is 0.732.